The molecule has 0 N–H and O–H groups in total. The Bertz CT molecular complexity index is 409. The van der Waals surface area contributed by atoms with Crippen molar-refractivity contribution in [2.24, 2.45) is 0 Å². The third-order valence-electron chi connectivity index (χ3n) is 1.58. The summed E-state index contributed by atoms with van der Waals surface area (Å²) in [7, 11) is 0. The summed E-state index contributed by atoms with van der Waals surface area (Å²) in [6.07, 6.45) is -4.03. The van der Waals surface area contributed by atoms with Crippen molar-refractivity contribution in [2.45, 2.75) is 12.3 Å². The van der Waals surface area contributed by atoms with E-state index in [9.17, 15) is 30.7 Å². The van der Waals surface area contributed by atoms with Crippen LogP contribution in [0.3, 0.4) is 0 Å². The zero-order valence-electron chi connectivity index (χ0n) is 7.86. The van der Waals surface area contributed by atoms with Gasteiger partial charge in [0.1, 0.15) is 0 Å². The molecule has 0 saturated carbocycles. The largest absolute Gasteiger partial charge is 0.469 e. The number of halogens is 7. The highest BCUT2D eigenvalue weighted by molar-refractivity contribution is 5.15. The Morgan fingerprint density at radius 2 is 1.76 bits per heavy atom. The smallest absolute Gasteiger partial charge is 0.340 e. The molecular weight excluding hydrogens is 259 g/mol. The van der Waals surface area contributed by atoms with Gasteiger partial charge in [-0.2, -0.15) is 18.2 Å². The maximum Gasteiger partial charge on any atom is 0.340 e. The van der Waals surface area contributed by atoms with Gasteiger partial charge in [-0.3, -0.25) is 0 Å². The molecule has 0 saturated heterocycles. The number of hydrogen-bond donors (Lipinski definition) is 0. The van der Waals surface area contributed by atoms with Gasteiger partial charge in [-0.25, -0.2) is 17.6 Å². The molecule has 1 aromatic rings. The van der Waals surface area contributed by atoms with Crippen LogP contribution in [0.4, 0.5) is 30.7 Å². The fourth-order valence-electron chi connectivity index (χ4n) is 0.757. The Morgan fingerprint density at radius 3 is 2.29 bits per heavy atom. The summed E-state index contributed by atoms with van der Waals surface area (Å²) in [5.74, 6) is -10.9. The maximum atomic E-state index is 12.8. The molecule has 17 heavy (non-hydrogen) atoms. The molecule has 1 aromatic heterocycles. The van der Waals surface area contributed by atoms with Crippen LogP contribution in [0.2, 0.25) is 0 Å². The summed E-state index contributed by atoms with van der Waals surface area (Å²) >= 11 is 0. The monoisotopic (exact) mass is 263 g/mol. The third-order valence-corrected chi connectivity index (χ3v) is 1.58. The summed E-state index contributed by atoms with van der Waals surface area (Å²) in [6.45, 7) is -1.90. The van der Waals surface area contributed by atoms with E-state index < -0.39 is 42.4 Å². The molecule has 0 fully saturated rings. The van der Waals surface area contributed by atoms with Gasteiger partial charge in [-0.1, -0.05) is 0 Å². The van der Waals surface area contributed by atoms with Crippen molar-refractivity contribution >= 4 is 0 Å². The Kier molecular flexibility index (Phi) is 3.79. The molecule has 0 aromatic carbocycles. The fourth-order valence-corrected chi connectivity index (χ4v) is 0.757. The molecule has 0 aliphatic heterocycles. The lowest BCUT2D eigenvalue weighted by molar-refractivity contribution is -0.149. The van der Waals surface area contributed by atoms with Crippen LogP contribution in [0, 0.1) is 17.6 Å². The molecule has 0 radical (unpaired) electrons. The van der Waals surface area contributed by atoms with Crippen LogP contribution >= 0.6 is 0 Å². The summed E-state index contributed by atoms with van der Waals surface area (Å²) in [4.78, 5) is 2.52. The average molecular weight is 263 g/mol. The number of alkyl halides is 4. The van der Waals surface area contributed by atoms with Crippen LogP contribution in [0.1, 0.15) is 0 Å². The van der Waals surface area contributed by atoms with Crippen molar-refractivity contribution in [3.8, 4) is 5.88 Å². The van der Waals surface area contributed by atoms with Crippen LogP contribution < -0.4 is 4.74 Å². The van der Waals surface area contributed by atoms with Gasteiger partial charge in [0.05, 0.1) is 0 Å². The van der Waals surface area contributed by atoms with Crippen molar-refractivity contribution in [3.05, 3.63) is 23.6 Å². The van der Waals surface area contributed by atoms with Gasteiger partial charge in [0.15, 0.2) is 18.2 Å². The van der Waals surface area contributed by atoms with E-state index in [4.69, 9.17) is 0 Å². The van der Waals surface area contributed by atoms with Gasteiger partial charge in [-0.05, 0) is 0 Å². The predicted molar refractivity (Wildman–Crippen MR) is 40.6 cm³/mol. The molecule has 96 valence electrons. The quantitative estimate of drug-likeness (QED) is 0.615. The number of hydrogen-bond acceptors (Lipinski definition) is 2. The minimum absolute atomic E-state index is 0.00180. The van der Waals surface area contributed by atoms with E-state index in [1.807, 2.05) is 0 Å². The van der Waals surface area contributed by atoms with Gasteiger partial charge in [-0.15, -0.1) is 0 Å². The van der Waals surface area contributed by atoms with Crippen LogP contribution in [0.25, 0.3) is 0 Å². The second kappa shape index (κ2) is 4.76. The first-order valence-electron chi connectivity index (χ1n) is 4.04. The summed E-state index contributed by atoms with van der Waals surface area (Å²) in [5.41, 5.74) is 0. The number of ether oxygens (including phenoxy) is 1. The highest BCUT2D eigenvalue weighted by Gasteiger charge is 2.42. The lowest BCUT2D eigenvalue weighted by Crippen LogP contribution is -2.34. The van der Waals surface area contributed by atoms with Crippen LogP contribution in [-0.4, -0.2) is 23.9 Å². The van der Waals surface area contributed by atoms with Gasteiger partial charge in [0.2, 0.25) is 0 Å². The van der Waals surface area contributed by atoms with Crippen molar-refractivity contribution in [1.29, 1.82) is 0 Å². The molecule has 1 heterocycles. The SMILES string of the molecule is Fc1cc(F)c(OCC(F)(F)C(F)F)nc1F. The minimum Gasteiger partial charge on any atom is -0.469 e. The first kappa shape index (κ1) is 13.5. The topological polar surface area (TPSA) is 22.1 Å². The zero-order chi connectivity index (χ0) is 13.2. The van der Waals surface area contributed by atoms with E-state index in [2.05, 4.69) is 9.72 Å². The minimum atomic E-state index is -4.54. The fraction of sp³-hybridized carbons (Fsp3) is 0.375. The second-order valence-corrected chi connectivity index (χ2v) is 2.90. The summed E-state index contributed by atoms with van der Waals surface area (Å²) in [5, 5.41) is 0. The third kappa shape index (κ3) is 3.21. The number of nitrogens with zero attached hydrogens (tertiary/aromatic N) is 1. The molecular formula is C8H4F7NO. The lowest BCUT2D eigenvalue weighted by Gasteiger charge is -2.15. The van der Waals surface area contributed by atoms with Crippen LogP contribution in [-0.2, 0) is 0 Å². The summed E-state index contributed by atoms with van der Waals surface area (Å²) < 4.78 is 89.5. The van der Waals surface area contributed by atoms with E-state index in [-0.39, 0.29) is 6.07 Å². The Labute approximate surface area is 90.0 Å². The first-order valence-corrected chi connectivity index (χ1v) is 4.04. The Hall–Kier alpha value is -1.54. The molecule has 0 aliphatic rings. The first-order chi connectivity index (χ1) is 7.74. The van der Waals surface area contributed by atoms with Crippen molar-refractivity contribution in [1.82, 2.24) is 4.98 Å². The Morgan fingerprint density at radius 1 is 1.18 bits per heavy atom. The van der Waals surface area contributed by atoms with Crippen LogP contribution in [0.15, 0.2) is 6.07 Å². The van der Waals surface area contributed by atoms with E-state index in [1.54, 1.807) is 0 Å². The summed E-state index contributed by atoms with van der Waals surface area (Å²) in [6, 6.07) is -0.00180. The maximum absolute atomic E-state index is 12.8. The van der Waals surface area contributed by atoms with Crippen LogP contribution in [0.5, 0.6) is 5.88 Å². The number of rotatable bonds is 4. The van der Waals surface area contributed by atoms with E-state index >= 15 is 0 Å². The van der Waals surface area contributed by atoms with Gasteiger partial charge >= 0.3 is 12.3 Å². The van der Waals surface area contributed by atoms with Crippen molar-refractivity contribution in [3.63, 3.8) is 0 Å². The standard InChI is InChI=1S/C8H4F7NO/c9-3-1-4(10)6(16-5(3)11)17-2-8(14,15)7(12)13/h1,7H,2H2. The second-order valence-electron chi connectivity index (χ2n) is 2.90. The predicted octanol–water partition coefficient (Wildman–Crippen LogP) is 2.78. The van der Waals surface area contributed by atoms with E-state index in [0.717, 1.165) is 0 Å². The van der Waals surface area contributed by atoms with Gasteiger partial charge in [0.25, 0.3) is 11.8 Å². The van der Waals surface area contributed by atoms with Crippen molar-refractivity contribution in [2.75, 3.05) is 6.61 Å². The molecule has 0 spiro atoms. The van der Waals surface area contributed by atoms with E-state index in [1.165, 1.54) is 0 Å². The van der Waals surface area contributed by atoms with E-state index in [0.29, 0.717) is 0 Å². The molecule has 0 bridgehead atoms. The zero-order valence-corrected chi connectivity index (χ0v) is 7.86. The van der Waals surface area contributed by atoms with Gasteiger partial charge < -0.3 is 4.74 Å². The Balaban J connectivity index is 2.80. The van der Waals surface area contributed by atoms with Gasteiger partial charge in [0, 0.05) is 6.07 Å². The van der Waals surface area contributed by atoms with Crippen molar-refractivity contribution < 1.29 is 35.5 Å². The molecule has 0 aliphatic carbocycles. The molecule has 0 atom stereocenters. The lowest BCUT2D eigenvalue weighted by atomic mass is 10.4. The molecule has 9 heteroatoms. The normalized spacial score (nSPS) is 12.0. The molecule has 1 rings (SSSR count). The number of pyridine rings is 1. The molecule has 0 unspecified atom stereocenters. The molecule has 0 amide bonds. The highest BCUT2D eigenvalue weighted by Crippen LogP contribution is 2.25. The average Bonchev–Trinajstić information content (AvgIpc) is 2.21. The number of aromatic nitrogens is 1. The molecule has 2 nitrogen and oxygen atoms in total. The highest BCUT2D eigenvalue weighted by atomic mass is 19.3.